The highest BCUT2D eigenvalue weighted by Gasteiger charge is 2.42. The van der Waals surface area contributed by atoms with E-state index in [1.807, 2.05) is 11.8 Å². The Balaban J connectivity index is 1.22. The van der Waals surface area contributed by atoms with Crippen molar-refractivity contribution in [3.63, 3.8) is 0 Å². The molecule has 3 heterocycles. The number of thioether (sulfide) groups is 1. The summed E-state index contributed by atoms with van der Waals surface area (Å²) in [5.41, 5.74) is 3.08. The van der Waals surface area contributed by atoms with Crippen LogP contribution >= 0.6 is 11.8 Å². The molecule has 3 atom stereocenters. The van der Waals surface area contributed by atoms with Crippen LogP contribution in [-0.2, 0) is 14.3 Å². The predicted octanol–water partition coefficient (Wildman–Crippen LogP) is 5.11. The van der Waals surface area contributed by atoms with Gasteiger partial charge in [0.2, 0.25) is 5.91 Å². The largest absolute Gasteiger partial charge is 0.445 e. The lowest BCUT2D eigenvalue weighted by atomic mass is 10.0. The minimum absolute atomic E-state index is 0.0296. The summed E-state index contributed by atoms with van der Waals surface area (Å²) in [4.78, 5) is 53.4. The molecule has 0 aliphatic carbocycles. The van der Waals surface area contributed by atoms with Gasteiger partial charge in [0.05, 0.1) is 28.8 Å². The fraction of sp³-hybridized carbons (Fsp3) is 0.364. The molecule has 2 aliphatic rings. The Bertz CT molecular complexity index is 1580. The third kappa shape index (κ3) is 8.85. The Morgan fingerprint density at radius 1 is 0.915 bits per heavy atom. The average Bonchev–Trinajstić information content (AvgIpc) is 3.61. The zero-order chi connectivity index (χ0) is 33.2. The number of benzene rings is 2. The average molecular weight is 662 g/mol. The monoisotopic (exact) mass is 661 g/mol. The Morgan fingerprint density at radius 3 is 2.17 bits per heavy atom. The van der Waals surface area contributed by atoms with E-state index in [-0.39, 0.29) is 37.2 Å². The Kier molecular flexibility index (Phi) is 11.4. The Morgan fingerprint density at radius 2 is 1.55 bits per heavy atom. The van der Waals surface area contributed by atoms with Gasteiger partial charge in [-0.15, -0.1) is 0 Å². The topological polar surface area (TPSA) is 172 Å². The first-order valence-corrected chi connectivity index (χ1v) is 16.6. The van der Waals surface area contributed by atoms with E-state index in [1.54, 1.807) is 36.4 Å². The quantitative estimate of drug-likeness (QED) is 0.0560. The number of fused-ring (bicyclic) bond motifs is 3. The van der Waals surface area contributed by atoms with Crippen LogP contribution in [0.2, 0.25) is 0 Å². The normalized spacial score (nSPS) is 18.0. The van der Waals surface area contributed by atoms with Crippen molar-refractivity contribution in [2.75, 3.05) is 48.0 Å². The smallest absolute Gasteiger partial charge is 0.411 e. The van der Waals surface area contributed by atoms with Crippen molar-refractivity contribution in [1.82, 2.24) is 20.9 Å². The van der Waals surface area contributed by atoms with Gasteiger partial charge in [0.1, 0.15) is 13.2 Å². The van der Waals surface area contributed by atoms with Crippen molar-refractivity contribution < 1.29 is 28.7 Å². The van der Waals surface area contributed by atoms with E-state index in [0.717, 1.165) is 35.8 Å². The summed E-state index contributed by atoms with van der Waals surface area (Å²) in [7, 11) is 0. The summed E-state index contributed by atoms with van der Waals surface area (Å²) in [6.45, 7) is 8.04. The second-order valence-electron chi connectivity index (χ2n) is 11.1. The van der Waals surface area contributed by atoms with Crippen LogP contribution in [0.25, 0.3) is 21.8 Å². The molecule has 248 valence electrons. The van der Waals surface area contributed by atoms with E-state index in [0.29, 0.717) is 52.9 Å². The van der Waals surface area contributed by atoms with Gasteiger partial charge in [-0.1, -0.05) is 31.7 Å². The standard InChI is InChI=1S/C33H39N7O6S/c1-3-15-45-32(43)36-20-9-11-24-22(17-20)29(23-18-21(10-12-25(23)38-24)37-33(44)46-16-4-2)35-14-13-34-28(41)8-6-5-7-27-30-26(19-47-27)39-31(42)40-30/h3-4,9-12,17-18,26-27,30H,1-2,5-8,13-16,19H2,(H,34,41)(H,35,38)(H,36,43)(H,37,44)(H2,39,40,42)/t26-,27-,30-/m0/s1. The molecule has 5 rings (SSSR count). The fourth-order valence-electron chi connectivity index (χ4n) is 5.62. The minimum Gasteiger partial charge on any atom is -0.445 e. The molecule has 2 saturated heterocycles. The molecule has 5 amide bonds. The van der Waals surface area contributed by atoms with Crippen LogP contribution in [0.15, 0.2) is 61.7 Å². The molecule has 0 saturated carbocycles. The van der Waals surface area contributed by atoms with Gasteiger partial charge in [-0.3, -0.25) is 15.4 Å². The number of ether oxygens (including phenoxy) is 2. The lowest BCUT2D eigenvalue weighted by molar-refractivity contribution is -0.121. The molecule has 0 unspecified atom stereocenters. The highest BCUT2D eigenvalue weighted by Crippen LogP contribution is 2.35. The number of nitrogens with one attached hydrogen (secondary N) is 6. The van der Waals surface area contributed by atoms with Crippen molar-refractivity contribution in [1.29, 1.82) is 0 Å². The van der Waals surface area contributed by atoms with Crippen LogP contribution in [0.3, 0.4) is 0 Å². The maximum atomic E-state index is 12.6. The molecule has 6 N–H and O–H groups in total. The predicted molar refractivity (Wildman–Crippen MR) is 185 cm³/mol. The number of carbonyl (C=O) groups excluding carboxylic acids is 4. The van der Waals surface area contributed by atoms with Gasteiger partial charge in [-0.25, -0.2) is 19.4 Å². The first-order chi connectivity index (χ1) is 22.8. The maximum absolute atomic E-state index is 12.6. The zero-order valence-corrected chi connectivity index (χ0v) is 26.8. The number of pyridine rings is 1. The van der Waals surface area contributed by atoms with E-state index in [4.69, 9.17) is 14.5 Å². The third-order valence-electron chi connectivity index (χ3n) is 7.76. The maximum Gasteiger partial charge on any atom is 0.411 e. The van der Waals surface area contributed by atoms with Crippen LogP contribution in [0, 0.1) is 0 Å². The molecule has 0 bridgehead atoms. The summed E-state index contributed by atoms with van der Waals surface area (Å²) >= 11 is 1.87. The highest BCUT2D eigenvalue weighted by atomic mass is 32.2. The number of rotatable bonds is 15. The molecule has 13 nitrogen and oxygen atoms in total. The van der Waals surface area contributed by atoms with Crippen LogP contribution in [-0.4, -0.2) is 78.5 Å². The second kappa shape index (κ2) is 16.0. The molecule has 2 aliphatic heterocycles. The van der Waals surface area contributed by atoms with E-state index in [9.17, 15) is 19.2 Å². The summed E-state index contributed by atoms with van der Waals surface area (Å²) in [5.74, 6) is 0.891. The number of carbonyl (C=O) groups is 4. The first-order valence-electron chi connectivity index (χ1n) is 15.5. The van der Waals surface area contributed by atoms with Crippen LogP contribution in [0.4, 0.5) is 31.4 Å². The number of hydrogen-bond donors (Lipinski definition) is 6. The lowest BCUT2D eigenvalue weighted by Crippen LogP contribution is -2.36. The summed E-state index contributed by atoms with van der Waals surface area (Å²) < 4.78 is 10.1. The molecule has 47 heavy (non-hydrogen) atoms. The molecule has 2 fully saturated rings. The molecule has 2 aromatic carbocycles. The molecule has 3 aromatic rings. The number of amides is 5. The number of hydrogen-bond acceptors (Lipinski definition) is 9. The van der Waals surface area contributed by atoms with Gasteiger partial charge in [0.15, 0.2) is 0 Å². The number of nitrogens with zero attached hydrogens (tertiary/aromatic N) is 1. The molecule has 0 radical (unpaired) electrons. The molecule has 1 aromatic heterocycles. The Hall–Kier alpha value is -4.98. The van der Waals surface area contributed by atoms with Crippen LogP contribution in [0.1, 0.15) is 25.7 Å². The SMILES string of the molecule is C=CCOC(=O)Nc1ccc2nc3ccc(NC(=O)OCC=C)cc3c(NCCNC(=O)CCCC[C@@H]3SC[C@@H]4NC(=O)N[C@@H]43)c2c1. The summed E-state index contributed by atoms with van der Waals surface area (Å²) in [6, 6.07) is 10.9. The van der Waals surface area contributed by atoms with Crippen molar-refractivity contribution in [3.8, 4) is 0 Å². The van der Waals surface area contributed by atoms with E-state index >= 15 is 0 Å². The molecule has 0 spiro atoms. The summed E-state index contributed by atoms with van der Waals surface area (Å²) in [5, 5.41) is 19.6. The van der Waals surface area contributed by atoms with Gasteiger partial charge in [-0.05, 0) is 49.2 Å². The Labute approximate surface area is 276 Å². The van der Waals surface area contributed by atoms with E-state index < -0.39 is 12.2 Å². The first kappa shape index (κ1) is 33.4. The fourth-order valence-corrected chi connectivity index (χ4v) is 7.16. The van der Waals surface area contributed by atoms with Gasteiger partial charge in [0.25, 0.3) is 0 Å². The van der Waals surface area contributed by atoms with Gasteiger partial charge in [0, 0.05) is 52.7 Å². The highest BCUT2D eigenvalue weighted by molar-refractivity contribution is 8.00. The lowest BCUT2D eigenvalue weighted by Gasteiger charge is -2.16. The zero-order valence-electron chi connectivity index (χ0n) is 25.9. The van der Waals surface area contributed by atoms with Crippen molar-refractivity contribution in [3.05, 3.63) is 61.7 Å². The van der Waals surface area contributed by atoms with Crippen molar-refractivity contribution >= 4 is 74.8 Å². The third-order valence-corrected chi connectivity index (χ3v) is 9.27. The molecular weight excluding hydrogens is 622 g/mol. The summed E-state index contributed by atoms with van der Waals surface area (Å²) in [6.07, 6.45) is 4.78. The number of aromatic nitrogens is 1. The number of urea groups is 1. The van der Waals surface area contributed by atoms with Crippen molar-refractivity contribution in [2.24, 2.45) is 0 Å². The second-order valence-corrected chi connectivity index (χ2v) is 12.4. The molecular formula is C33H39N7O6S. The van der Waals surface area contributed by atoms with E-state index in [1.165, 1.54) is 12.2 Å². The van der Waals surface area contributed by atoms with Crippen molar-refractivity contribution in [2.45, 2.75) is 43.0 Å². The van der Waals surface area contributed by atoms with Crippen LogP contribution in [0.5, 0.6) is 0 Å². The minimum atomic E-state index is -0.617. The number of anilines is 3. The van der Waals surface area contributed by atoms with Crippen LogP contribution < -0.4 is 31.9 Å². The number of unbranched alkanes of at least 4 members (excludes halogenated alkanes) is 1. The van der Waals surface area contributed by atoms with Gasteiger partial charge >= 0.3 is 18.2 Å². The van der Waals surface area contributed by atoms with Gasteiger partial charge < -0.3 is 30.7 Å². The molecule has 14 heteroatoms. The van der Waals surface area contributed by atoms with E-state index in [2.05, 4.69) is 45.1 Å². The van der Waals surface area contributed by atoms with Gasteiger partial charge in [-0.2, -0.15) is 11.8 Å².